The number of carbonyl (C=O) groups excluding carboxylic acids is 3. The first-order chi connectivity index (χ1) is 19.7. The number of hydrogen-bond acceptors (Lipinski definition) is 9. The van der Waals surface area contributed by atoms with Crippen LogP contribution in [0.4, 0.5) is 5.69 Å². The first-order valence-corrected chi connectivity index (χ1v) is 14.1. The van der Waals surface area contributed by atoms with Gasteiger partial charge in [0.15, 0.2) is 0 Å². The number of thiazole rings is 1. The Balaban J connectivity index is 1.76. The third-order valence-electron chi connectivity index (χ3n) is 6.53. The van der Waals surface area contributed by atoms with Crippen molar-refractivity contribution in [3.63, 3.8) is 0 Å². The summed E-state index contributed by atoms with van der Waals surface area (Å²) in [5.41, 5.74) is 5.64. The number of hydrogen-bond donors (Lipinski definition) is 2. The minimum atomic E-state index is -0.685. The Morgan fingerprint density at radius 1 is 0.951 bits per heavy atom. The van der Waals surface area contributed by atoms with Crippen LogP contribution in [0.15, 0.2) is 70.4 Å². The molecular formula is C31H33N3O6S. The maximum Gasteiger partial charge on any atom is 0.336 e. The highest BCUT2D eigenvalue weighted by atomic mass is 32.1. The summed E-state index contributed by atoms with van der Waals surface area (Å²) in [4.78, 5) is 42.8. The van der Waals surface area contributed by atoms with E-state index < -0.39 is 17.9 Å². The normalized spacial score (nSPS) is 13.5. The number of anilines is 1. The van der Waals surface area contributed by atoms with Crippen molar-refractivity contribution in [3.05, 3.63) is 75.9 Å². The first kappa shape index (κ1) is 29.5. The van der Waals surface area contributed by atoms with Crippen molar-refractivity contribution in [2.45, 2.75) is 40.5 Å². The minimum absolute atomic E-state index is 0.202. The van der Waals surface area contributed by atoms with Crippen LogP contribution in [-0.4, -0.2) is 43.2 Å². The Morgan fingerprint density at radius 2 is 1.61 bits per heavy atom. The summed E-state index contributed by atoms with van der Waals surface area (Å²) in [6.45, 7) is 8.94. The number of carbonyl (C=O) groups is 3. The van der Waals surface area contributed by atoms with Crippen LogP contribution >= 0.6 is 11.3 Å². The fourth-order valence-corrected chi connectivity index (χ4v) is 5.66. The van der Waals surface area contributed by atoms with Gasteiger partial charge in [0.05, 0.1) is 48.8 Å². The van der Waals surface area contributed by atoms with Crippen LogP contribution in [0, 0.1) is 0 Å². The zero-order chi connectivity index (χ0) is 29.7. The maximum absolute atomic E-state index is 13.1. The molecule has 41 heavy (non-hydrogen) atoms. The van der Waals surface area contributed by atoms with Crippen LogP contribution in [-0.2, 0) is 23.9 Å². The van der Waals surface area contributed by atoms with Gasteiger partial charge < -0.3 is 24.8 Å². The van der Waals surface area contributed by atoms with E-state index in [2.05, 4.69) is 10.6 Å². The summed E-state index contributed by atoms with van der Waals surface area (Å²) in [5.74, 6) is -1.32. The van der Waals surface area contributed by atoms with Gasteiger partial charge in [-0.05, 0) is 57.5 Å². The van der Waals surface area contributed by atoms with Crippen LogP contribution in [0.5, 0.6) is 5.75 Å². The molecule has 214 valence electrons. The van der Waals surface area contributed by atoms with E-state index in [-0.39, 0.29) is 19.1 Å². The standard InChI is InChI=1S/C31H33N3O6S/c1-7-39-30(36)26-17(3)32-18(4)27(31(37)40-8-2)28(26)21-10-9-11-22(14-21)29-34-24(16-41-29)20-12-13-25(38-6)23(15-20)33-19(5)35/h9-16,28,32H,7-8H2,1-6H3,(H,33,35). The summed E-state index contributed by atoms with van der Waals surface area (Å²) >= 11 is 1.46. The largest absolute Gasteiger partial charge is 0.495 e. The Bertz CT molecular complexity index is 1510. The van der Waals surface area contributed by atoms with Crippen molar-refractivity contribution in [3.8, 4) is 27.6 Å². The van der Waals surface area contributed by atoms with Crippen molar-refractivity contribution < 1.29 is 28.6 Å². The van der Waals surface area contributed by atoms with E-state index >= 15 is 0 Å². The van der Waals surface area contributed by atoms with Crippen LogP contribution in [0.1, 0.15) is 46.1 Å². The number of methoxy groups -OCH3 is 1. The number of rotatable bonds is 9. The Kier molecular flexibility index (Phi) is 9.24. The number of benzene rings is 2. The van der Waals surface area contributed by atoms with E-state index in [1.54, 1.807) is 40.9 Å². The van der Waals surface area contributed by atoms with Crippen LogP contribution < -0.4 is 15.4 Å². The fraction of sp³-hybridized carbons (Fsp3) is 0.290. The third-order valence-corrected chi connectivity index (χ3v) is 7.42. The quantitative estimate of drug-likeness (QED) is 0.308. The first-order valence-electron chi connectivity index (χ1n) is 13.2. The number of amides is 1. The van der Waals surface area contributed by atoms with Crippen molar-refractivity contribution in [2.75, 3.05) is 25.6 Å². The number of esters is 2. The molecule has 1 aromatic heterocycles. The van der Waals surface area contributed by atoms with E-state index in [0.717, 1.165) is 27.4 Å². The molecule has 0 atom stereocenters. The zero-order valence-electron chi connectivity index (χ0n) is 23.9. The summed E-state index contributed by atoms with van der Waals surface area (Å²) in [6, 6.07) is 13.1. The van der Waals surface area contributed by atoms with E-state index in [4.69, 9.17) is 19.2 Å². The Morgan fingerprint density at radius 3 is 2.20 bits per heavy atom. The molecule has 0 bridgehead atoms. The molecule has 2 aromatic carbocycles. The number of nitrogens with zero attached hydrogens (tertiary/aromatic N) is 1. The summed E-state index contributed by atoms with van der Waals surface area (Å²) in [5, 5.41) is 8.65. The lowest BCUT2D eigenvalue weighted by Gasteiger charge is -2.30. The molecule has 0 spiro atoms. The minimum Gasteiger partial charge on any atom is -0.495 e. The molecule has 0 radical (unpaired) electrons. The van der Waals surface area contributed by atoms with Gasteiger partial charge in [-0.1, -0.05) is 18.2 Å². The van der Waals surface area contributed by atoms with E-state index in [9.17, 15) is 14.4 Å². The zero-order valence-corrected chi connectivity index (χ0v) is 24.7. The lowest BCUT2D eigenvalue weighted by molar-refractivity contribution is -0.139. The second kappa shape index (κ2) is 12.8. The lowest BCUT2D eigenvalue weighted by atomic mass is 9.80. The molecule has 0 unspecified atom stereocenters. The Labute approximate surface area is 243 Å². The van der Waals surface area contributed by atoms with Gasteiger partial charge in [-0.3, -0.25) is 4.79 Å². The average Bonchev–Trinajstić information content (AvgIpc) is 3.43. The number of dihydropyridines is 1. The highest BCUT2D eigenvalue weighted by Gasteiger charge is 2.38. The topological polar surface area (TPSA) is 116 Å². The molecule has 2 N–H and O–H groups in total. The predicted octanol–water partition coefficient (Wildman–Crippen LogP) is 5.81. The summed E-state index contributed by atoms with van der Waals surface area (Å²) in [6.07, 6.45) is 0. The van der Waals surface area contributed by atoms with E-state index in [0.29, 0.717) is 34.0 Å². The monoisotopic (exact) mass is 575 g/mol. The van der Waals surface area contributed by atoms with Crippen LogP contribution in [0.3, 0.4) is 0 Å². The number of allylic oxidation sites excluding steroid dienone is 2. The number of ether oxygens (including phenoxy) is 3. The van der Waals surface area contributed by atoms with Gasteiger partial charge in [0, 0.05) is 34.8 Å². The van der Waals surface area contributed by atoms with E-state index in [1.807, 2.05) is 41.8 Å². The van der Waals surface area contributed by atoms with Gasteiger partial charge in [0.25, 0.3) is 0 Å². The van der Waals surface area contributed by atoms with Crippen molar-refractivity contribution in [2.24, 2.45) is 0 Å². The van der Waals surface area contributed by atoms with Gasteiger partial charge >= 0.3 is 11.9 Å². The molecule has 3 aromatic rings. The van der Waals surface area contributed by atoms with Gasteiger partial charge in [-0.15, -0.1) is 11.3 Å². The summed E-state index contributed by atoms with van der Waals surface area (Å²) in [7, 11) is 1.55. The van der Waals surface area contributed by atoms with Gasteiger partial charge in [-0.25, -0.2) is 14.6 Å². The number of nitrogens with one attached hydrogen (secondary N) is 2. The van der Waals surface area contributed by atoms with Crippen molar-refractivity contribution in [1.29, 1.82) is 0 Å². The molecule has 10 heteroatoms. The molecule has 9 nitrogen and oxygen atoms in total. The fourth-order valence-electron chi connectivity index (χ4n) is 4.83. The molecule has 0 saturated heterocycles. The highest BCUT2D eigenvalue weighted by molar-refractivity contribution is 7.13. The Hall–Kier alpha value is -4.44. The van der Waals surface area contributed by atoms with Crippen LogP contribution in [0.25, 0.3) is 21.8 Å². The maximum atomic E-state index is 13.1. The average molecular weight is 576 g/mol. The predicted molar refractivity (Wildman–Crippen MR) is 158 cm³/mol. The van der Waals surface area contributed by atoms with Gasteiger partial charge in [0.1, 0.15) is 10.8 Å². The molecule has 0 fully saturated rings. The summed E-state index contributed by atoms with van der Waals surface area (Å²) < 4.78 is 16.1. The third kappa shape index (κ3) is 6.33. The van der Waals surface area contributed by atoms with Gasteiger partial charge in [-0.2, -0.15) is 0 Å². The van der Waals surface area contributed by atoms with E-state index in [1.165, 1.54) is 18.3 Å². The van der Waals surface area contributed by atoms with Crippen molar-refractivity contribution >= 4 is 34.9 Å². The number of aromatic nitrogens is 1. The molecule has 0 aliphatic carbocycles. The molecule has 1 amide bonds. The molecule has 4 rings (SSSR count). The molecular weight excluding hydrogens is 542 g/mol. The SMILES string of the molecule is CCOC(=O)C1=C(C)NC(C)=C(C(=O)OCC)C1c1cccc(-c2nc(-c3ccc(OC)c(NC(C)=O)c3)cs2)c1. The molecule has 0 saturated carbocycles. The van der Waals surface area contributed by atoms with Crippen molar-refractivity contribution in [1.82, 2.24) is 10.3 Å². The smallest absolute Gasteiger partial charge is 0.336 e. The van der Waals surface area contributed by atoms with Crippen LogP contribution in [0.2, 0.25) is 0 Å². The molecule has 1 aliphatic rings. The second-order valence-corrected chi connectivity index (χ2v) is 10.2. The molecule has 2 heterocycles. The molecule has 1 aliphatic heterocycles. The second-order valence-electron chi connectivity index (χ2n) is 9.34. The highest BCUT2D eigenvalue weighted by Crippen LogP contribution is 2.41. The van der Waals surface area contributed by atoms with Gasteiger partial charge in [0.2, 0.25) is 5.91 Å². The lowest BCUT2D eigenvalue weighted by Crippen LogP contribution is -2.32.